The second kappa shape index (κ2) is 5.59. The van der Waals surface area contributed by atoms with Crippen LogP contribution >= 0.6 is 35.0 Å². The summed E-state index contributed by atoms with van der Waals surface area (Å²) in [6.07, 6.45) is 0. The average Bonchev–Trinajstić information content (AvgIpc) is 2.34. The van der Waals surface area contributed by atoms with Crippen LogP contribution in [0.25, 0.3) is 0 Å². The van der Waals surface area contributed by atoms with Gasteiger partial charge < -0.3 is 0 Å². The topological polar surface area (TPSA) is 37.4 Å². The molecule has 1 aliphatic heterocycles. The van der Waals surface area contributed by atoms with Gasteiger partial charge in [-0.1, -0.05) is 23.2 Å². The molecule has 0 radical (unpaired) electrons. The molecule has 3 nitrogen and oxygen atoms in total. The fourth-order valence-corrected chi connectivity index (χ4v) is 5.14. The molecule has 1 aromatic carbocycles. The molecule has 0 amide bonds. The summed E-state index contributed by atoms with van der Waals surface area (Å²) in [4.78, 5) is 0.151. The van der Waals surface area contributed by atoms with E-state index in [4.69, 9.17) is 23.2 Å². The Kier molecular flexibility index (Phi) is 4.49. The highest BCUT2D eigenvalue weighted by atomic mass is 35.5. The van der Waals surface area contributed by atoms with Gasteiger partial charge >= 0.3 is 0 Å². The summed E-state index contributed by atoms with van der Waals surface area (Å²) in [6, 6.07) is 3.03. The van der Waals surface area contributed by atoms with Crippen molar-refractivity contribution in [2.75, 3.05) is 24.6 Å². The van der Waals surface area contributed by atoms with Gasteiger partial charge in [-0.05, 0) is 24.6 Å². The largest absolute Gasteiger partial charge is 0.244 e. The van der Waals surface area contributed by atoms with Crippen molar-refractivity contribution in [1.82, 2.24) is 4.31 Å². The number of rotatable bonds is 2. The van der Waals surface area contributed by atoms with Gasteiger partial charge in [0, 0.05) is 29.6 Å². The molecule has 1 aromatic rings. The lowest BCUT2D eigenvalue weighted by Gasteiger charge is -2.26. The summed E-state index contributed by atoms with van der Waals surface area (Å²) < 4.78 is 26.4. The maximum absolute atomic E-state index is 12.5. The summed E-state index contributed by atoms with van der Waals surface area (Å²) >= 11 is 13.7. The highest BCUT2D eigenvalue weighted by molar-refractivity contribution is 7.99. The lowest BCUT2D eigenvalue weighted by molar-refractivity contribution is 0.443. The lowest BCUT2D eigenvalue weighted by Crippen LogP contribution is -2.38. The van der Waals surface area contributed by atoms with Gasteiger partial charge in [0.05, 0.1) is 5.02 Å². The van der Waals surface area contributed by atoms with E-state index in [1.807, 2.05) is 0 Å². The van der Waals surface area contributed by atoms with E-state index < -0.39 is 10.0 Å². The van der Waals surface area contributed by atoms with Gasteiger partial charge in [-0.25, -0.2) is 8.42 Å². The van der Waals surface area contributed by atoms with Gasteiger partial charge in [0.15, 0.2) is 0 Å². The van der Waals surface area contributed by atoms with E-state index in [1.54, 1.807) is 24.8 Å². The standard InChI is InChI=1S/C11H13Cl2NO2S2/c1-8-6-11(10(13)7-9(8)12)18(15,16)14-2-4-17-5-3-14/h6-7H,2-5H2,1H3. The molecule has 1 heterocycles. The van der Waals surface area contributed by atoms with Crippen molar-refractivity contribution in [2.24, 2.45) is 0 Å². The van der Waals surface area contributed by atoms with E-state index in [0.29, 0.717) is 23.7 Å². The molecule has 7 heteroatoms. The van der Waals surface area contributed by atoms with Crippen molar-refractivity contribution < 1.29 is 8.42 Å². The van der Waals surface area contributed by atoms with Gasteiger partial charge in [-0.3, -0.25) is 0 Å². The predicted molar refractivity (Wildman–Crippen MR) is 77.3 cm³/mol. The average molecular weight is 326 g/mol. The molecule has 0 bridgehead atoms. The quantitative estimate of drug-likeness (QED) is 0.838. The first-order chi connectivity index (χ1) is 8.43. The van der Waals surface area contributed by atoms with Gasteiger partial charge in [0.25, 0.3) is 0 Å². The van der Waals surface area contributed by atoms with E-state index >= 15 is 0 Å². The van der Waals surface area contributed by atoms with Crippen molar-refractivity contribution >= 4 is 45.0 Å². The molecular weight excluding hydrogens is 313 g/mol. The highest BCUT2D eigenvalue weighted by Gasteiger charge is 2.28. The molecule has 0 aliphatic carbocycles. The Morgan fingerprint density at radius 3 is 2.39 bits per heavy atom. The number of aryl methyl sites for hydroxylation is 1. The molecule has 2 rings (SSSR count). The number of benzene rings is 1. The van der Waals surface area contributed by atoms with Crippen molar-refractivity contribution in [3.05, 3.63) is 27.7 Å². The Morgan fingerprint density at radius 2 is 1.78 bits per heavy atom. The first-order valence-electron chi connectivity index (χ1n) is 5.46. The lowest BCUT2D eigenvalue weighted by atomic mass is 10.2. The van der Waals surface area contributed by atoms with Crippen LogP contribution in [0.5, 0.6) is 0 Å². The second-order valence-electron chi connectivity index (χ2n) is 4.05. The van der Waals surface area contributed by atoms with Crippen LogP contribution in [0, 0.1) is 6.92 Å². The smallest absolute Gasteiger partial charge is 0.207 e. The summed E-state index contributed by atoms with van der Waals surface area (Å²) in [6.45, 7) is 2.83. The van der Waals surface area contributed by atoms with E-state index in [1.165, 1.54) is 10.4 Å². The Labute approximate surface area is 122 Å². The number of hydrogen-bond donors (Lipinski definition) is 0. The number of sulfonamides is 1. The van der Waals surface area contributed by atoms with E-state index in [-0.39, 0.29) is 9.92 Å². The summed E-state index contributed by atoms with van der Waals surface area (Å²) in [5.41, 5.74) is 0.714. The number of halogens is 2. The van der Waals surface area contributed by atoms with Crippen molar-refractivity contribution in [3.8, 4) is 0 Å². The summed E-state index contributed by atoms with van der Waals surface area (Å²) in [5, 5.41) is 0.664. The second-order valence-corrected chi connectivity index (χ2v) is 7.99. The minimum absolute atomic E-state index is 0.151. The molecule has 1 aliphatic rings. The van der Waals surface area contributed by atoms with Crippen LogP contribution < -0.4 is 0 Å². The van der Waals surface area contributed by atoms with Crippen molar-refractivity contribution in [1.29, 1.82) is 0 Å². The maximum atomic E-state index is 12.5. The molecule has 100 valence electrons. The van der Waals surface area contributed by atoms with Gasteiger partial charge in [-0.2, -0.15) is 16.1 Å². The van der Waals surface area contributed by atoms with Crippen LogP contribution in [0.2, 0.25) is 10.0 Å². The molecule has 1 fully saturated rings. The third-order valence-corrected chi connectivity index (χ3v) is 6.51. The molecule has 0 saturated carbocycles. The Balaban J connectivity index is 2.43. The monoisotopic (exact) mass is 325 g/mol. The van der Waals surface area contributed by atoms with Crippen molar-refractivity contribution in [3.63, 3.8) is 0 Å². The first-order valence-corrected chi connectivity index (χ1v) is 8.81. The molecular formula is C11H13Cl2NO2S2. The van der Waals surface area contributed by atoms with Crippen LogP contribution in [0.1, 0.15) is 5.56 Å². The van der Waals surface area contributed by atoms with Crippen molar-refractivity contribution in [2.45, 2.75) is 11.8 Å². The van der Waals surface area contributed by atoms with Crippen LogP contribution in [0.4, 0.5) is 0 Å². The third-order valence-electron chi connectivity index (χ3n) is 2.80. The normalized spacial score (nSPS) is 17.9. The van der Waals surface area contributed by atoms with Crippen LogP contribution in [-0.4, -0.2) is 37.3 Å². The van der Waals surface area contributed by atoms with Gasteiger partial charge in [0.2, 0.25) is 10.0 Å². The summed E-state index contributed by atoms with van der Waals surface area (Å²) in [5.74, 6) is 1.65. The van der Waals surface area contributed by atoms with E-state index in [2.05, 4.69) is 0 Å². The van der Waals surface area contributed by atoms with Crippen LogP contribution in [-0.2, 0) is 10.0 Å². The minimum Gasteiger partial charge on any atom is -0.207 e. The predicted octanol–water partition coefficient (Wildman–Crippen LogP) is 3.04. The van der Waals surface area contributed by atoms with E-state index in [9.17, 15) is 8.42 Å². The SMILES string of the molecule is Cc1cc(S(=O)(=O)N2CCSCC2)c(Cl)cc1Cl. The first kappa shape index (κ1) is 14.5. The summed E-state index contributed by atoms with van der Waals surface area (Å²) in [7, 11) is -3.50. The fraction of sp³-hybridized carbons (Fsp3) is 0.455. The zero-order chi connectivity index (χ0) is 13.3. The number of hydrogen-bond acceptors (Lipinski definition) is 3. The van der Waals surface area contributed by atoms with Crippen LogP contribution in [0.3, 0.4) is 0 Å². The molecule has 0 unspecified atom stereocenters. The zero-order valence-electron chi connectivity index (χ0n) is 9.82. The van der Waals surface area contributed by atoms with Gasteiger partial charge in [-0.15, -0.1) is 0 Å². The zero-order valence-corrected chi connectivity index (χ0v) is 13.0. The molecule has 0 spiro atoms. The molecule has 18 heavy (non-hydrogen) atoms. The Morgan fingerprint density at radius 1 is 1.17 bits per heavy atom. The molecule has 0 atom stereocenters. The van der Waals surface area contributed by atoms with E-state index in [0.717, 1.165) is 11.5 Å². The number of nitrogens with zero attached hydrogens (tertiary/aromatic N) is 1. The van der Waals surface area contributed by atoms with Gasteiger partial charge in [0.1, 0.15) is 4.90 Å². The maximum Gasteiger partial charge on any atom is 0.244 e. The fourth-order valence-electron chi connectivity index (χ4n) is 1.75. The number of thioether (sulfide) groups is 1. The molecule has 0 N–H and O–H groups in total. The van der Waals surface area contributed by atoms with Crippen LogP contribution in [0.15, 0.2) is 17.0 Å². The molecule has 0 aromatic heterocycles. The Hall–Kier alpha value is 0.0600. The third kappa shape index (κ3) is 2.80. The minimum atomic E-state index is -3.50. The highest BCUT2D eigenvalue weighted by Crippen LogP contribution is 2.31. The Bertz CT molecular complexity index is 554. The molecule has 1 saturated heterocycles.